The molecule has 0 unspecified atom stereocenters. The van der Waals surface area contributed by atoms with E-state index in [-0.39, 0.29) is 29.1 Å². The summed E-state index contributed by atoms with van der Waals surface area (Å²) < 4.78 is 5.12. The maximum Gasteiger partial charge on any atom is 0.340 e. The first-order valence-electron chi connectivity index (χ1n) is 7.84. The predicted octanol–water partition coefficient (Wildman–Crippen LogP) is 4.59. The molecule has 6 heteroatoms. The van der Waals surface area contributed by atoms with Gasteiger partial charge in [0.05, 0.1) is 10.6 Å². The van der Waals surface area contributed by atoms with Gasteiger partial charge < -0.3 is 9.64 Å². The van der Waals surface area contributed by atoms with Gasteiger partial charge in [-0.2, -0.15) is 0 Å². The van der Waals surface area contributed by atoms with E-state index in [4.69, 9.17) is 27.9 Å². The number of carbonyl (C=O) groups excluding carboxylic acids is 2. The molecule has 2 aromatic carbocycles. The van der Waals surface area contributed by atoms with Gasteiger partial charge in [-0.05, 0) is 37.6 Å². The molecule has 0 saturated carbocycles. The monoisotopic (exact) mass is 379 g/mol. The van der Waals surface area contributed by atoms with E-state index in [9.17, 15) is 9.59 Å². The third-order valence-corrected chi connectivity index (χ3v) is 4.18. The zero-order valence-corrected chi connectivity index (χ0v) is 15.6. The zero-order chi connectivity index (χ0) is 18.4. The van der Waals surface area contributed by atoms with Gasteiger partial charge in [-0.1, -0.05) is 53.5 Å². The van der Waals surface area contributed by atoms with Crippen molar-refractivity contribution in [1.82, 2.24) is 4.90 Å². The topological polar surface area (TPSA) is 46.6 Å². The largest absolute Gasteiger partial charge is 0.452 e. The van der Waals surface area contributed by atoms with E-state index in [1.807, 2.05) is 44.2 Å². The lowest BCUT2D eigenvalue weighted by Gasteiger charge is -2.26. The van der Waals surface area contributed by atoms with Gasteiger partial charge in [-0.3, -0.25) is 4.79 Å². The van der Waals surface area contributed by atoms with Crippen LogP contribution in [0.25, 0.3) is 0 Å². The number of rotatable bonds is 6. The Morgan fingerprint density at radius 1 is 1.08 bits per heavy atom. The van der Waals surface area contributed by atoms with Crippen LogP contribution in [0.2, 0.25) is 10.0 Å². The minimum atomic E-state index is -0.677. The quantitative estimate of drug-likeness (QED) is 0.689. The van der Waals surface area contributed by atoms with E-state index in [0.29, 0.717) is 11.6 Å². The Labute approximate surface area is 157 Å². The molecule has 0 fully saturated rings. The number of nitrogens with zero attached hydrogens (tertiary/aromatic N) is 1. The highest BCUT2D eigenvalue weighted by Crippen LogP contribution is 2.21. The fraction of sp³-hybridized carbons (Fsp3) is 0.263. The van der Waals surface area contributed by atoms with Crippen LogP contribution in [0.3, 0.4) is 0 Å². The Balaban J connectivity index is 2.01. The molecule has 0 N–H and O–H groups in total. The van der Waals surface area contributed by atoms with Crippen LogP contribution in [0, 0.1) is 0 Å². The Morgan fingerprint density at radius 3 is 2.40 bits per heavy atom. The van der Waals surface area contributed by atoms with E-state index in [1.54, 1.807) is 11.0 Å². The molecule has 132 valence electrons. The van der Waals surface area contributed by atoms with Gasteiger partial charge in [0.1, 0.15) is 0 Å². The SMILES string of the molecule is CC(C)N(Cc1ccccc1)C(=O)COC(=O)c1cc(Cl)ccc1Cl. The lowest BCUT2D eigenvalue weighted by atomic mass is 10.2. The van der Waals surface area contributed by atoms with Crippen molar-refractivity contribution in [3.63, 3.8) is 0 Å². The van der Waals surface area contributed by atoms with Crippen molar-refractivity contribution in [3.05, 3.63) is 69.7 Å². The number of benzene rings is 2. The van der Waals surface area contributed by atoms with E-state index >= 15 is 0 Å². The molecular weight excluding hydrogens is 361 g/mol. The van der Waals surface area contributed by atoms with Gasteiger partial charge in [-0.15, -0.1) is 0 Å². The molecular formula is C19H19Cl2NO3. The van der Waals surface area contributed by atoms with Crippen LogP contribution in [-0.4, -0.2) is 29.4 Å². The molecule has 0 spiro atoms. The number of carbonyl (C=O) groups is 2. The molecule has 2 rings (SSSR count). The molecule has 0 aliphatic rings. The zero-order valence-electron chi connectivity index (χ0n) is 14.0. The normalized spacial score (nSPS) is 10.6. The second-order valence-electron chi connectivity index (χ2n) is 5.80. The lowest BCUT2D eigenvalue weighted by Crippen LogP contribution is -2.39. The van der Waals surface area contributed by atoms with Gasteiger partial charge in [-0.25, -0.2) is 4.79 Å². The van der Waals surface area contributed by atoms with Gasteiger partial charge in [0.25, 0.3) is 5.91 Å². The maximum absolute atomic E-state index is 12.5. The van der Waals surface area contributed by atoms with Gasteiger partial charge in [0.2, 0.25) is 0 Å². The summed E-state index contributed by atoms with van der Waals surface area (Å²) in [6, 6.07) is 14.1. The second-order valence-corrected chi connectivity index (χ2v) is 6.64. The Bertz CT molecular complexity index is 748. The van der Waals surface area contributed by atoms with Crippen LogP contribution < -0.4 is 0 Å². The number of halogens is 2. The van der Waals surface area contributed by atoms with Crippen LogP contribution in [0.1, 0.15) is 29.8 Å². The van der Waals surface area contributed by atoms with Crippen molar-refractivity contribution < 1.29 is 14.3 Å². The summed E-state index contributed by atoms with van der Waals surface area (Å²) in [5.74, 6) is -0.949. The highest BCUT2D eigenvalue weighted by Gasteiger charge is 2.20. The van der Waals surface area contributed by atoms with E-state index in [2.05, 4.69) is 0 Å². The van der Waals surface area contributed by atoms with Crippen molar-refractivity contribution >= 4 is 35.1 Å². The van der Waals surface area contributed by atoms with Crippen molar-refractivity contribution in [2.45, 2.75) is 26.4 Å². The highest BCUT2D eigenvalue weighted by molar-refractivity contribution is 6.35. The van der Waals surface area contributed by atoms with Crippen molar-refractivity contribution in [2.75, 3.05) is 6.61 Å². The van der Waals surface area contributed by atoms with E-state index < -0.39 is 5.97 Å². The van der Waals surface area contributed by atoms with E-state index in [0.717, 1.165) is 5.56 Å². The summed E-state index contributed by atoms with van der Waals surface area (Å²) in [7, 11) is 0. The fourth-order valence-corrected chi connectivity index (χ4v) is 2.65. The van der Waals surface area contributed by atoms with E-state index in [1.165, 1.54) is 12.1 Å². The Kier molecular flexibility index (Phi) is 6.85. The first-order valence-corrected chi connectivity index (χ1v) is 8.59. The van der Waals surface area contributed by atoms with Gasteiger partial charge >= 0.3 is 5.97 Å². The second kappa shape index (κ2) is 8.88. The van der Waals surface area contributed by atoms with Gasteiger partial charge in [0.15, 0.2) is 6.61 Å². The first kappa shape index (κ1) is 19.3. The fourth-order valence-electron chi connectivity index (χ4n) is 2.28. The minimum Gasteiger partial charge on any atom is -0.452 e. The first-order chi connectivity index (χ1) is 11.9. The molecule has 1 amide bonds. The van der Waals surface area contributed by atoms with Crippen molar-refractivity contribution in [2.24, 2.45) is 0 Å². The summed E-state index contributed by atoms with van der Waals surface area (Å²) in [6.45, 7) is 3.92. The third-order valence-electron chi connectivity index (χ3n) is 3.61. The number of ether oxygens (including phenoxy) is 1. The summed E-state index contributed by atoms with van der Waals surface area (Å²) in [5, 5.41) is 0.599. The summed E-state index contributed by atoms with van der Waals surface area (Å²) >= 11 is 11.8. The molecule has 0 aliphatic heterocycles. The molecule has 0 heterocycles. The average Bonchev–Trinajstić information content (AvgIpc) is 2.60. The van der Waals surface area contributed by atoms with Crippen LogP contribution in [0.5, 0.6) is 0 Å². The Morgan fingerprint density at radius 2 is 1.76 bits per heavy atom. The molecule has 0 bridgehead atoms. The molecule has 0 aromatic heterocycles. The average molecular weight is 380 g/mol. The van der Waals surface area contributed by atoms with Crippen molar-refractivity contribution in [3.8, 4) is 0 Å². The summed E-state index contributed by atoms with van der Waals surface area (Å²) in [6.07, 6.45) is 0. The molecule has 0 aliphatic carbocycles. The van der Waals surface area contributed by atoms with Crippen LogP contribution in [0.15, 0.2) is 48.5 Å². The maximum atomic E-state index is 12.5. The lowest BCUT2D eigenvalue weighted by molar-refractivity contribution is -0.136. The number of amides is 1. The molecule has 0 radical (unpaired) electrons. The molecule has 0 atom stereocenters. The third kappa shape index (κ3) is 5.48. The highest BCUT2D eigenvalue weighted by atomic mass is 35.5. The number of hydrogen-bond donors (Lipinski definition) is 0. The molecule has 25 heavy (non-hydrogen) atoms. The number of esters is 1. The number of hydrogen-bond acceptors (Lipinski definition) is 3. The van der Waals surface area contributed by atoms with Gasteiger partial charge in [0, 0.05) is 17.6 Å². The van der Waals surface area contributed by atoms with Crippen molar-refractivity contribution in [1.29, 1.82) is 0 Å². The minimum absolute atomic E-state index is 0.0267. The standard InChI is InChI=1S/C19H19Cl2NO3/c1-13(2)22(11-14-6-4-3-5-7-14)18(23)12-25-19(24)16-10-15(20)8-9-17(16)21/h3-10,13H,11-12H2,1-2H3. The smallest absolute Gasteiger partial charge is 0.340 e. The van der Waals surface area contributed by atoms with Crippen LogP contribution in [0.4, 0.5) is 0 Å². The molecule has 0 saturated heterocycles. The summed E-state index contributed by atoms with van der Waals surface area (Å²) in [4.78, 5) is 26.3. The summed E-state index contributed by atoms with van der Waals surface area (Å²) in [5.41, 5.74) is 1.15. The Hall–Kier alpha value is -2.04. The predicted molar refractivity (Wildman–Crippen MR) is 98.9 cm³/mol. The molecule has 4 nitrogen and oxygen atoms in total. The molecule has 2 aromatic rings. The van der Waals surface area contributed by atoms with Crippen LogP contribution >= 0.6 is 23.2 Å². The van der Waals surface area contributed by atoms with Crippen LogP contribution in [-0.2, 0) is 16.1 Å².